The Kier molecular flexibility index (Phi) is 3.64. The van der Waals surface area contributed by atoms with Gasteiger partial charge in [-0.25, -0.2) is 0 Å². The van der Waals surface area contributed by atoms with Crippen LogP contribution < -0.4 is 10.6 Å². The summed E-state index contributed by atoms with van der Waals surface area (Å²) in [5.41, 5.74) is 1.93. The van der Waals surface area contributed by atoms with Crippen LogP contribution in [0.4, 0.5) is 0 Å². The first-order chi connectivity index (χ1) is 9.17. The number of rotatable bonds is 4. The summed E-state index contributed by atoms with van der Waals surface area (Å²) in [5.74, 6) is 0.743. The Hall–Kier alpha value is -0.860. The smallest absolute Gasteiger partial charge is 0.0243 e. The van der Waals surface area contributed by atoms with Gasteiger partial charge >= 0.3 is 0 Å². The highest BCUT2D eigenvalue weighted by atomic mass is 15.0. The third-order valence-electron chi connectivity index (χ3n) is 4.93. The van der Waals surface area contributed by atoms with Crippen molar-refractivity contribution in [2.45, 2.75) is 51.1 Å². The van der Waals surface area contributed by atoms with E-state index in [4.69, 9.17) is 0 Å². The lowest BCUT2D eigenvalue weighted by Crippen LogP contribution is -2.52. The molecule has 3 atom stereocenters. The molecule has 0 bridgehead atoms. The van der Waals surface area contributed by atoms with Gasteiger partial charge in [-0.05, 0) is 36.8 Å². The van der Waals surface area contributed by atoms with E-state index in [0.717, 1.165) is 12.5 Å². The molecule has 104 valence electrons. The molecule has 1 heterocycles. The number of nitrogens with one attached hydrogen (secondary N) is 2. The standard InChI is InChI=1S/C17H26N2/c1-17(2)9-6-10-18-16(17)12-19-15-11-14(15)13-7-4-3-5-8-13/h3-5,7-8,14-16,18-19H,6,9-12H2,1-2H3. The summed E-state index contributed by atoms with van der Waals surface area (Å²) >= 11 is 0. The molecule has 1 saturated carbocycles. The SMILES string of the molecule is CC1(C)CCCNC1CNC1CC1c1ccccc1. The molecule has 0 amide bonds. The van der Waals surface area contributed by atoms with Gasteiger partial charge in [-0.1, -0.05) is 44.2 Å². The van der Waals surface area contributed by atoms with Crippen molar-refractivity contribution in [2.75, 3.05) is 13.1 Å². The van der Waals surface area contributed by atoms with Crippen LogP contribution in [0.15, 0.2) is 30.3 Å². The van der Waals surface area contributed by atoms with Crippen molar-refractivity contribution in [2.24, 2.45) is 5.41 Å². The Morgan fingerprint density at radius 3 is 2.79 bits per heavy atom. The van der Waals surface area contributed by atoms with Crippen LogP contribution in [0, 0.1) is 5.41 Å². The molecule has 1 aromatic carbocycles. The van der Waals surface area contributed by atoms with E-state index < -0.39 is 0 Å². The van der Waals surface area contributed by atoms with Crippen LogP contribution >= 0.6 is 0 Å². The second-order valence-electron chi connectivity index (χ2n) is 6.87. The largest absolute Gasteiger partial charge is 0.312 e. The van der Waals surface area contributed by atoms with E-state index in [9.17, 15) is 0 Å². The maximum Gasteiger partial charge on any atom is 0.0243 e. The van der Waals surface area contributed by atoms with Crippen molar-refractivity contribution >= 4 is 0 Å². The Labute approximate surface area is 117 Å². The Bertz CT molecular complexity index is 413. The van der Waals surface area contributed by atoms with Crippen LogP contribution in [0.25, 0.3) is 0 Å². The first kappa shape index (κ1) is 13.1. The fraction of sp³-hybridized carbons (Fsp3) is 0.647. The van der Waals surface area contributed by atoms with E-state index in [2.05, 4.69) is 54.8 Å². The number of hydrogen-bond donors (Lipinski definition) is 2. The average Bonchev–Trinajstić information content (AvgIpc) is 3.18. The second kappa shape index (κ2) is 5.26. The van der Waals surface area contributed by atoms with Gasteiger partial charge in [0.1, 0.15) is 0 Å². The molecule has 2 heteroatoms. The van der Waals surface area contributed by atoms with Crippen LogP contribution in [0.3, 0.4) is 0 Å². The molecule has 3 rings (SSSR count). The number of benzene rings is 1. The van der Waals surface area contributed by atoms with Crippen LogP contribution in [0.5, 0.6) is 0 Å². The van der Waals surface area contributed by atoms with Crippen molar-refractivity contribution in [3.8, 4) is 0 Å². The Balaban J connectivity index is 1.49. The van der Waals surface area contributed by atoms with Gasteiger partial charge in [0.2, 0.25) is 0 Å². The number of piperidine rings is 1. The molecule has 2 fully saturated rings. The highest BCUT2D eigenvalue weighted by molar-refractivity contribution is 5.27. The van der Waals surface area contributed by atoms with Gasteiger partial charge < -0.3 is 10.6 Å². The van der Waals surface area contributed by atoms with Gasteiger partial charge in [-0.3, -0.25) is 0 Å². The molecule has 1 aliphatic carbocycles. The zero-order valence-corrected chi connectivity index (χ0v) is 12.2. The van der Waals surface area contributed by atoms with Crippen LogP contribution in [0.2, 0.25) is 0 Å². The molecule has 0 radical (unpaired) electrons. The summed E-state index contributed by atoms with van der Waals surface area (Å²) in [6.07, 6.45) is 3.97. The zero-order valence-electron chi connectivity index (χ0n) is 12.2. The fourth-order valence-corrected chi connectivity index (χ4v) is 3.38. The molecule has 3 unspecified atom stereocenters. The van der Waals surface area contributed by atoms with Gasteiger partial charge in [-0.2, -0.15) is 0 Å². The molecule has 0 spiro atoms. The quantitative estimate of drug-likeness (QED) is 0.867. The molecular weight excluding hydrogens is 232 g/mol. The first-order valence-corrected chi connectivity index (χ1v) is 7.68. The summed E-state index contributed by atoms with van der Waals surface area (Å²) in [5, 5.41) is 7.45. The van der Waals surface area contributed by atoms with E-state index in [1.54, 1.807) is 0 Å². The molecule has 19 heavy (non-hydrogen) atoms. The molecule has 1 saturated heterocycles. The van der Waals surface area contributed by atoms with Gasteiger partial charge in [0.25, 0.3) is 0 Å². The summed E-state index contributed by atoms with van der Waals surface area (Å²) in [7, 11) is 0. The highest BCUT2D eigenvalue weighted by Gasteiger charge is 2.39. The molecule has 1 aromatic rings. The summed E-state index contributed by atoms with van der Waals surface area (Å²) in [4.78, 5) is 0. The minimum atomic E-state index is 0.433. The van der Waals surface area contributed by atoms with Gasteiger partial charge in [-0.15, -0.1) is 0 Å². The summed E-state index contributed by atoms with van der Waals surface area (Å²) in [6.45, 7) is 7.09. The third kappa shape index (κ3) is 3.01. The lowest BCUT2D eigenvalue weighted by atomic mass is 9.77. The second-order valence-corrected chi connectivity index (χ2v) is 6.87. The Morgan fingerprint density at radius 2 is 2.05 bits per heavy atom. The molecule has 1 aliphatic heterocycles. The summed E-state index contributed by atoms with van der Waals surface area (Å²) < 4.78 is 0. The van der Waals surface area contributed by atoms with E-state index in [0.29, 0.717) is 17.5 Å². The van der Waals surface area contributed by atoms with Crippen molar-refractivity contribution < 1.29 is 0 Å². The van der Waals surface area contributed by atoms with Crippen molar-refractivity contribution in [3.63, 3.8) is 0 Å². The predicted octanol–water partition coefficient (Wildman–Crippen LogP) is 2.91. The first-order valence-electron chi connectivity index (χ1n) is 7.68. The molecule has 2 aliphatic rings. The minimum absolute atomic E-state index is 0.433. The van der Waals surface area contributed by atoms with Crippen LogP contribution in [-0.2, 0) is 0 Å². The van der Waals surface area contributed by atoms with E-state index in [1.807, 2.05) is 0 Å². The maximum absolute atomic E-state index is 3.77. The van der Waals surface area contributed by atoms with Crippen LogP contribution in [0.1, 0.15) is 44.6 Å². The lowest BCUT2D eigenvalue weighted by molar-refractivity contribution is 0.176. The predicted molar refractivity (Wildman–Crippen MR) is 80.4 cm³/mol. The normalized spacial score (nSPS) is 33.1. The van der Waals surface area contributed by atoms with Gasteiger partial charge in [0, 0.05) is 24.5 Å². The van der Waals surface area contributed by atoms with Crippen molar-refractivity contribution in [1.82, 2.24) is 10.6 Å². The van der Waals surface area contributed by atoms with Crippen LogP contribution in [-0.4, -0.2) is 25.2 Å². The van der Waals surface area contributed by atoms with Gasteiger partial charge in [0.15, 0.2) is 0 Å². The average molecular weight is 258 g/mol. The number of hydrogen-bond acceptors (Lipinski definition) is 2. The molecule has 2 N–H and O–H groups in total. The fourth-order valence-electron chi connectivity index (χ4n) is 3.38. The third-order valence-corrected chi connectivity index (χ3v) is 4.93. The zero-order chi connectivity index (χ0) is 13.3. The van der Waals surface area contributed by atoms with E-state index in [-0.39, 0.29) is 0 Å². The topological polar surface area (TPSA) is 24.1 Å². The van der Waals surface area contributed by atoms with Crippen molar-refractivity contribution in [3.05, 3.63) is 35.9 Å². The molecule has 2 nitrogen and oxygen atoms in total. The summed E-state index contributed by atoms with van der Waals surface area (Å²) in [6, 6.07) is 12.2. The molecular formula is C17H26N2. The minimum Gasteiger partial charge on any atom is -0.312 e. The monoisotopic (exact) mass is 258 g/mol. The lowest BCUT2D eigenvalue weighted by Gasteiger charge is -2.39. The Morgan fingerprint density at radius 1 is 1.26 bits per heavy atom. The van der Waals surface area contributed by atoms with E-state index >= 15 is 0 Å². The van der Waals surface area contributed by atoms with Crippen molar-refractivity contribution in [1.29, 1.82) is 0 Å². The van der Waals surface area contributed by atoms with E-state index in [1.165, 1.54) is 31.4 Å². The molecule has 0 aromatic heterocycles. The highest BCUT2D eigenvalue weighted by Crippen LogP contribution is 2.41. The maximum atomic E-state index is 3.77. The van der Waals surface area contributed by atoms with Gasteiger partial charge in [0.05, 0.1) is 0 Å².